The first-order valence-electron chi connectivity index (χ1n) is 7.39. The number of hydrogen-bond donors (Lipinski definition) is 2. The number of pyridine rings is 1. The first-order valence-corrected chi connectivity index (χ1v) is 7.39. The summed E-state index contributed by atoms with van der Waals surface area (Å²) in [5, 5.41) is 5.52. The molecule has 1 aliphatic rings. The van der Waals surface area contributed by atoms with Gasteiger partial charge in [-0.05, 0) is 38.1 Å². The number of fused-ring (bicyclic) bond motifs is 1. The summed E-state index contributed by atoms with van der Waals surface area (Å²) in [5.74, 6) is 1.38. The van der Waals surface area contributed by atoms with Crippen molar-refractivity contribution in [3.8, 4) is 11.5 Å². The number of ether oxygens (including phenoxy) is 1. The van der Waals surface area contributed by atoms with E-state index in [0.717, 1.165) is 5.56 Å². The van der Waals surface area contributed by atoms with Crippen molar-refractivity contribution in [3.05, 3.63) is 47.7 Å². The fourth-order valence-electron chi connectivity index (χ4n) is 2.36. The van der Waals surface area contributed by atoms with Gasteiger partial charge >= 0.3 is 0 Å². The fraction of sp³-hybridized carbons (Fsp3) is 0.235. The lowest BCUT2D eigenvalue weighted by atomic mass is 10.2. The molecular formula is C17H17N3O3. The molecule has 6 heteroatoms. The van der Waals surface area contributed by atoms with Crippen molar-refractivity contribution in [1.82, 2.24) is 10.3 Å². The number of anilines is 1. The largest absolute Gasteiger partial charge is 0.457 e. The van der Waals surface area contributed by atoms with Gasteiger partial charge < -0.3 is 15.4 Å². The average Bonchev–Trinajstić information content (AvgIpc) is 2.88. The van der Waals surface area contributed by atoms with E-state index in [-0.39, 0.29) is 24.3 Å². The molecule has 2 heterocycles. The van der Waals surface area contributed by atoms with Crippen molar-refractivity contribution in [1.29, 1.82) is 0 Å². The van der Waals surface area contributed by atoms with Crippen molar-refractivity contribution in [2.75, 3.05) is 5.32 Å². The summed E-state index contributed by atoms with van der Waals surface area (Å²) in [6.45, 7) is 3.81. The molecule has 0 fully saturated rings. The standard InChI is InChI=1S/C17H17N3O3/c1-10(2)19-17(22)11-4-3-5-12(8-11)23-14-6-7-18-16-13(14)9-15(21)20-16/h3-8,10H,9H2,1-2H3,(H,19,22)(H,18,20,21). The number of hydrogen-bond acceptors (Lipinski definition) is 4. The van der Waals surface area contributed by atoms with Gasteiger partial charge in [0.05, 0.1) is 6.42 Å². The third-order valence-corrected chi connectivity index (χ3v) is 3.35. The predicted molar refractivity (Wildman–Crippen MR) is 85.7 cm³/mol. The van der Waals surface area contributed by atoms with Crippen molar-refractivity contribution in [2.24, 2.45) is 0 Å². The highest BCUT2D eigenvalue weighted by Crippen LogP contribution is 2.32. The highest BCUT2D eigenvalue weighted by molar-refractivity contribution is 5.98. The Labute approximate surface area is 133 Å². The number of aromatic nitrogens is 1. The fourth-order valence-corrected chi connectivity index (χ4v) is 2.36. The van der Waals surface area contributed by atoms with E-state index in [2.05, 4.69) is 15.6 Å². The molecule has 2 amide bonds. The lowest BCUT2D eigenvalue weighted by Crippen LogP contribution is -2.29. The van der Waals surface area contributed by atoms with Crippen molar-refractivity contribution < 1.29 is 14.3 Å². The van der Waals surface area contributed by atoms with Crippen LogP contribution in [0.1, 0.15) is 29.8 Å². The molecule has 1 aromatic carbocycles. The van der Waals surface area contributed by atoms with Crippen LogP contribution in [-0.2, 0) is 11.2 Å². The molecule has 118 valence electrons. The van der Waals surface area contributed by atoms with Gasteiger partial charge in [-0.25, -0.2) is 4.98 Å². The van der Waals surface area contributed by atoms with Crippen LogP contribution >= 0.6 is 0 Å². The topological polar surface area (TPSA) is 80.3 Å². The Morgan fingerprint density at radius 2 is 2.17 bits per heavy atom. The zero-order valence-electron chi connectivity index (χ0n) is 12.9. The van der Waals surface area contributed by atoms with E-state index in [9.17, 15) is 9.59 Å². The molecule has 0 atom stereocenters. The molecule has 0 spiro atoms. The zero-order valence-corrected chi connectivity index (χ0v) is 12.9. The van der Waals surface area contributed by atoms with Gasteiger partial charge in [0.2, 0.25) is 5.91 Å². The molecule has 0 saturated heterocycles. The predicted octanol–water partition coefficient (Wildman–Crippen LogP) is 2.51. The normalized spacial score (nSPS) is 12.7. The Balaban J connectivity index is 1.83. The van der Waals surface area contributed by atoms with E-state index in [1.807, 2.05) is 13.8 Å². The third-order valence-electron chi connectivity index (χ3n) is 3.35. The Bertz CT molecular complexity index is 771. The Kier molecular flexibility index (Phi) is 3.97. The van der Waals surface area contributed by atoms with Crippen molar-refractivity contribution in [3.63, 3.8) is 0 Å². The van der Waals surface area contributed by atoms with Crippen molar-refractivity contribution >= 4 is 17.6 Å². The second-order valence-corrected chi connectivity index (χ2v) is 5.62. The van der Waals surface area contributed by atoms with Crippen LogP contribution < -0.4 is 15.4 Å². The molecule has 23 heavy (non-hydrogen) atoms. The minimum Gasteiger partial charge on any atom is -0.457 e. The lowest BCUT2D eigenvalue weighted by molar-refractivity contribution is -0.115. The van der Waals surface area contributed by atoms with E-state index in [4.69, 9.17) is 4.74 Å². The third kappa shape index (κ3) is 3.31. The lowest BCUT2D eigenvalue weighted by Gasteiger charge is -2.11. The van der Waals surface area contributed by atoms with Crippen LogP contribution in [0.3, 0.4) is 0 Å². The first kappa shape index (κ1) is 15.0. The van der Waals surface area contributed by atoms with E-state index < -0.39 is 0 Å². The van der Waals surface area contributed by atoms with Crippen LogP contribution in [0.25, 0.3) is 0 Å². The second kappa shape index (κ2) is 6.08. The molecular weight excluding hydrogens is 294 g/mol. The Hall–Kier alpha value is -2.89. The quantitative estimate of drug-likeness (QED) is 0.909. The second-order valence-electron chi connectivity index (χ2n) is 5.62. The molecule has 0 radical (unpaired) electrons. The molecule has 2 N–H and O–H groups in total. The minimum absolute atomic E-state index is 0.0626. The number of carbonyl (C=O) groups excluding carboxylic acids is 2. The van der Waals surface area contributed by atoms with Crippen LogP contribution in [0.4, 0.5) is 5.82 Å². The van der Waals surface area contributed by atoms with E-state index in [1.54, 1.807) is 36.5 Å². The van der Waals surface area contributed by atoms with E-state index in [0.29, 0.717) is 22.9 Å². The van der Waals surface area contributed by atoms with Gasteiger partial charge in [-0.2, -0.15) is 0 Å². The maximum atomic E-state index is 12.1. The smallest absolute Gasteiger partial charge is 0.251 e. The number of rotatable bonds is 4. The minimum atomic E-state index is -0.151. The first-order chi connectivity index (χ1) is 11.0. The van der Waals surface area contributed by atoms with Crippen LogP contribution in [0.5, 0.6) is 11.5 Å². The Morgan fingerprint density at radius 3 is 2.96 bits per heavy atom. The summed E-state index contributed by atoms with van der Waals surface area (Å²) in [6, 6.07) is 8.70. The average molecular weight is 311 g/mol. The summed E-state index contributed by atoms with van der Waals surface area (Å²) in [5.41, 5.74) is 1.26. The molecule has 0 unspecified atom stereocenters. The summed E-state index contributed by atoms with van der Waals surface area (Å²) in [7, 11) is 0. The summed E-state index contributed by atoms with van der Waals surface area (Å²) < 4.78 is 5.85. The van der Waals surface area contributed by atoms with Gasteiger partial charge in [-0.1, -0.05) is 6.07 Å². The van der Waals surface area contributed by atoms with Gasteiger partial charge in [-0.3, -0.25) is 9.59 Å². The van der Waals surface area contributed by atoms with Gasteiger partial charge in [-0.15, -0.1) is 0 Å². The molecule has 6 nitrogen and oxygen atoms in total. The number of nitrogens with zero attached hydrogens (tertiary/aromatic N) is 1. The van der Waals surface area contributed by atoms with E-state index in [1.165, 1.54) is 0 Å². The molecule has 1 aromatic heterocycles. The van der Waals surface area contributed by atoms with Gasteiger partial charge in [0, 0.05) is 23.4 Å². The number of nitrogens with one attached hydrogen (secondary N) is 2. The van der Waals surface area contributed by atoms with Gasteiger partial charge in [0.25, 0.3) is 5.91 Å². The maximum absolute atomic E-state index is 12.1. The molecule has 0 bridgehead atoms. The SMILES string of the molecule is CC(C)NC(=O)c1cccc(Oc2ccnc3c2CC(=O)N3)c1. The van der Waals surface area contributed by atoms with Crippen LogP contribution in [-0.4, -0.2) is 22.8 Å². The van der Waals surface area contributed by atoms with E-state index >= 15 is 0 Å². The van der Waals surface area contributed by atoms with Gasteiger partial charge in [0.1, 0.15) is 17.3 Å². The van der Waals surface area contributed by atoms with Crippen LogP contribution in [0.2, 0.25) is 0 Å². The van der Waals surface area contributed by atoms with Gasteiger partial charge in [0.15, 0.2) is 0 Å². The molecule has 0 aliphatic carbocycles. The van der Waals surface area contributed by atoms with Crippen molar-refractivity contribution in [2.45, 2.75) is 26.3 Å². The Morgan fingerprint density at radius 1 is 1.35 bits per heavy atom. The monoisotopic (exact) mass is 311 g/mol. The molecule has 2 aromatic rings. The zero-order chi connectivity index (χ0) is 16.4. The summed E-state index contributed by atoms with van der Waals surface area (Å²) >= 11 is 0. The highest BCUT2D eigenvalue weighted by atomic mass is 16.5. The molecule has 3 rings (SSSR count). The number of amides is 2. The van der Waals surface area contributed by atoms with Crippen LogP contribution in [0.15, 0.2) is 36.5 Å². The highest BCUT2D eigenvalue weighted by Gasteiger charge is 2.23. The maximum Gasteiger partial charge on any atom is 0.251 e. The summed E-state index contributed by atoms with van der Waals surface area (Å²) in [6.07, 6.45) is 1.82. The molecule has 1 aliphatic heterocycles. The molecule has 0 saturated carbocycles. The summed E-state index contributed by atoms with van der Waals surface area (Å²) in [4.78, 5) is 27.7. The number of benzene rings is 1. The number of carbonyl (C=O) groups is 2. The van der Waals surface area contributed by atoms with Crippen LogP contribution in [0, 0.1) is 0 Å².